The van der Waals surface area contributed by atoms with E-state index in [9.17, 15) is 10.0 Å². The van der Waals surface area contributed by atoms with Crippen molar-refractivity contribution in [2.45, 2.75) is 134 Å². The van der Waals surface area contributed by atoms with E-state index in [0.29, 0.717) is 4.79 Å². The lowest BCUT2D eigenvalue weighted by molar-refractivity contribution is 0.284. The third-order valence-electron chi connectivity index (χ3n) is 6.82. The molecular formula is C21H51BO3Si3. The second-order valence-corrected chi connectivity index (χ2v) is 25.1. The molecule has 0 saturated carbocycles. The smallest absolute Gasteiger partial charge is 0.429 e. The lowest BCUT2D eigenvalue weighted by Crippen LogP contribution is -2.65. The minimum absolute atomic E-state index is 0.717. The maximum absolute atomic E-state index is 9.85. The first-order valence-electron chi connectivity index (χ1n) is 12.2. The zero-order valence-corrected chi connectivity index (χ0v) is 23.4. The van der Waals surface area contributed by atoms with Gasteiger partial charge in [0.1, 0.15) is 0 Å². The van der Waals surface area contributed by atoms with Gasteiger partial charge in [-0.15, -0.1) is 0 Å². The average molecular weight is 447 g/mol. The summed E-state index contributed by atoms with van der Waals surface area (Å²) in [6.45, 7) is 18.8. The largest absolute Gasteiger partial charge is 0.622 e. The maximum Gasteiger partial charge on any atom is 0.622 e. The molecule has 0 bridgehead atoms. The quantitative estimate of drug-likeness (QED) is 0.237. The lowest BCUT2D eigenvalue weighted by Gasteiger charge is -2.55. The fourth-order valence-corrected chi connectivity index (χ4v) is 39.6. The Hall–Kier alpha value is 0.596. The Morgan fingerprint density at radius 2 is 0.857 bits per heavy atom. The molecule has 0 saturated heterocycles. The van der Waals surface area contributed by atoms with Gasteiger partial charge >= 0.3 is 7.32 Å². The summed E-state index contributed by atoms with van der Waals surface area (Å²) in [6, 6.07) is 8.37. The summed E-state index contributed by atoms with van der Waals surface area (Å²) in [7, 11) is -7.08. The Balaban J connectivity index is 6.76. The van der Waals surface area contributed by atoms with Crippen molar-refractivity contribution in [1.29, 1.82) is 0 Å². The van der Waals surface area contributed by atoms with Gasteiger partial charge in [0.05, 0.1) is 16.1 Å². The van der Waals surface area contributed by atoms with Crippen LogP contribution in [0, 0.1) is 0 Å². The predicted octanol–water partition coefficient (Wildman–Crippen LogP) is 6.98. The van der Waals surface area contributed by atoms with Crippen LogP contribution < -0.4 is 0 Å². The minimum Gasteiger partial charge on any atom is -0.429 e. The van der Waals surface area contributed by atoms with Gasteiger partial charge in [0.25, 0.3) is 0 Å². The molecule has 0 aromatic carbocycles. The van der Waals surface area contributed by atoms with Gasteiger partial charge in [-0.1, -0.05) is 116 Å². The Labute approximate surface area is 180 Å². The summed E-state index contributed by atoms with van der Waals surface area (Å²) in [4.78, 5) is 0.717. The monoisotopic (exact) mass is 446 g/mol. The van der Waals surface area contributed by atoms with Crippen LogP contribution in [0.15, 0.2) is 0 Å². The zero-order chi connectivity index (χ0) is 21.8. The van der Waals surface area contributed by atoms with Gasteiger partial charge in [-0.3, -0.25) is 0 Å². The summed E-state index contributed by atoms with van der Waals surface area (Å²) in [6.07, 6.45) is 7.61. The van der Waals surface area contributed by atoms with Gasteiger partial charge < -0.3 is 14.4 Å². The minimum atomic E-state index is -2.27. The molecule has 0 radical (unpaired) electrons. The third kappa shape index (κ3) is 7.69. The van der Waals surface area contributed by atoms with Crippen molar-refractivity contribution >= 4 is 31.8 Å². The standard InChI is InChI=1S/C21H51BO3Si3/c1-9-15-27(16-10-2,17-11-3)21(26(7,8)25-22(23)24)28(18-12-4,19-13-5)20-14-6/h21,23-24H,9-20H2,1-8H3. The summed E-state index contributed by atoms with van der Waals surface area (Å²) in [5, 5.41) is 19.7. The van der Waals surface area contributed by atoms with Gasteiger partial charge in [0.15, 0.2) is 8.32 Å². The lowest BCUT2D eigenvalue weighted by atomic mass is 10.3. The highest BCUT2D eigenvalue weighted by atomic mass is 28.5. The molecule has 7 heteroatoms. The average Bonchev–Trinajstić information content (AvgIpc) is 2.54. The van der Waals surface area contributed by atoms with Crippen LogP contribution in [0.2, 0.25) is 54.1 Å². The van der Waals surface area contributed by atoms with Crippen LogP contribution in [0.25, 0.3) is 0 Å². The van der Waals surface area contributed by atoms with E-state index in [1.165, 1.54) is 74.8 Å². The van der Waals surface area contributed by atoms with Crippen LogP contribution in [0.5, 0.6) is 0 Å². The summed E-state index contributed by atoms with van der Waals surface area (Å²) >= 11 is 0. The molecule has 0 fully saturated rings. The van der Waals surface area contributed by atoms with Gasteiger partial charge in [-0.2, -0.15) is 0 Å². The topological polar surface area (TPSA) is 49.7 Å². The van der Waals surface area contributed by atoms with Crippen LogP contribution in [0.4, 0.5) is 0 Å². The molecule has 0 heterocycles. The molecule has 0 rings (SSSR count). The highest BCUT2D eigenvalue weighted by Crippen LogP contribution is 2.53. The molecule has 0 aromatic rings. The van der Waals surface area contributed by atoms with E-state index in [4.69, 9.17) is 4.34 Å². The Morgan fingerprint density at radius 3 is 1.04 bits per heavy atom. The first kappa shape index (κ1) is 28.6. The summed E-state index contributed by atoms with van der Waals surface area (Å²) < 4.78 is 6.11. The fourth-order valence-electron chi connectivity index (χ4n) is 7.07. The molecule has 168 valence electrons. The van der Waals surface area contributed by atoms with Crippen LogP contribution in [0.3, 0.4) is 0 Å². The maximum atomic E-state index is 9.85. The molecule has 0 atom stereocenters. The molecule has 0 unspecified atom stereocenters. The molecular weight excluding hydrogens is 395 g/mol. The van der Waals surface area contributed by atoms with Crippen LogP contribution >= 0.6 is 0 Å². The van der Waals surface area contributed by atoms with E-state index in [0.717, 1.165) is 0 Å². The molecule has 3 nitrogen and oxygen atoms in total. The van der Waals surface area contributed by atoms with Crippen molar-refractivity contribution in [2.75, 3.05) is 0 Å². The molecule has 2 N–H and O–H groups in total. The molecule has 0 aliphatic rings. The first-order chi connectivity index (χ1) is 13.1. The normalized spacial score (nSPS) is 13.4. The van der Waals surface area contributed by atoms with E-state index in [1.807, 2.05) is 0 Å². The van der Waals surface area contributed by atoms with Gasteiger partial charge in [0, 0.05) is 0 Å². The fraction of sp³-hybridized carbons (Fsp3) is 1.00. The Bertz CT molecular complexity index is 348. The second-order valence-electron chi connectivity index (χ2n) is 9.71. The third-order valence-corrected chi connectivity index (χ3v) is 32.0. The van der Waals surface area contributed by atoms with Crippen molar-refractivity contribution in [3.63, 3.8) is 0 Å². The van der Waals surface area contributed by atoms with Crippen LogP contribution in [0.1, 0.15) is 80.1 Å². The molecule has 0 aliphatic heterocycles. The SMILES string of the molecule is CCC[Si](CCC)(CCC)C([Si](CCC)(CCC)CCC)[Si](C)(C)OB(O)O. The predicted molar refractivity (Wildman–Crippen MR) is 135 cm³/mol. The van der Waals surface area contributed by atoms with Crippen molar-refractivity contribution in [2.24, 2.45) is 0 Å². The molecule has 0 aromatic heterocycles. The Morgan fingerprint density at radius 1 is 0.607 bits per heavy atom. The van der Waals surface area contributed by atoms with Crippen LogP contribution in [-0.4, -0.2) is 41.8 Å². The van der Waals surface area contributed by atoms with E-state index in [-0.39, 0.29) is 0 Å². The van der Waals surface area contributed by atoms with Gasteiger partial charge in [-0.25, -0.2) is 0 Å². The number of hydrogen-bond donors (Lipinski definition) is 2. The summed E-state index contributed by atoms with van der Waals surface area (Å²) in [5.74, 6) is 0. The van der Waals surface area contributed by atoms with E-state index in [1.54, 1.807) is 0 Å². The molecule has 0 spiro atoms. The molecule has 0 amide bonds. The highest BCUT2D eigenvalue weighted by molar-refractivity contribution is 7.13. The molecule has 0 aliphatic carbocycles. The van der Waals surface area contributed by atoms with Crippen molar-refractivity contribution in [3.8, 4) is 0 Å². The Kier molecular flexibility index (Phi) is 14.1. The van der Waals surface area contributed by atoms with Crippen molar-refractivity contribution in [1.82, 2.24) is 0 Å². The number of rotatable bonds is 17. The zero-order valence-electron chi connectivity index (χ0n) is 20.4. The van der Waals surface area contributed by atoms with E-state index >= 15 is 0 Å². The van der Waals surface area contributed by atoms with Crippen molar-refractivity contribution < 1.29 is 14.4 Å². The molecule has 28 heavy (non-hydrogen) atoms. The van der Waals surface area contributed by atoms with Crippen molar-refractivity contribution in [3.05, 3.63) is 0 Å². The summed E-state index contributed by atoms with van der Waals surface area (Å²) in [5.41, 5.74) is 0. The van der Waals surface area contributed by atoms with Gasteiger partial charge in [-0.05, 0) is 17.9 Å². The van der Waals surface area contributed by atoms with E-state index < -0.39 is 31.8 Å². The van der Waals surface area contributed by atoms with E-state index in [2.05, 4.69) is 54.6 Å². The second kappa shape index (κ2) is 13.8. The highest BCUT2D eigenvalue weighted by Gasteiger charge is 2.58. The van der Waals surface area contributed by atoms with Crippen LogP contribution in [-0.2, 0) is 4.34 Å². The number of hydrogen-bond acceptors (Lipinski definition) is 3. The van der Waals surface area contributed by atoms with Gasteiger partial charge in [0.2, 0.25) is 0 Å². The first-order valence-corrected chi connectivity index (χ1v) is 20.6.